The lowest BCUT2D eigenvalue weighted by molar-refractivity contribution is 0.00578. The number of halogens is 3. The SMILES string of the molecule is CC(C)(C)OC(=O)NCC(=Cc1ccc(F)c(Cl)c1F)B1OC(C)(C)C(C)(C)O1. The van der Waals surface area contributed by atoms with Crippen LogP contribution in [0.1, 0.15) is 54.0 Å². The molecule has 5 nitrogen and oxygen atoms in total. The van der Waals surface area contributed by atoms with Crippen molar-refractivity contribution in [2.24, 2.45) is 0 Å². The van der Waals surface area contributed by atoms with Gasteiger partial charge in [0.1, 0.15) is 16.4 Å². The molecule has 0 radical (unpaired) electrons. The molecule has 0 atom stereocenters. The fourth-order valence-corrected chi connectivity index (χ4v) is 2.71. The maximum Gasteiger partial charge on any atom is 0.492 e. The summed E-state index contributed by atoms with van der Waals surface area (Å²) in [6.07, 6.45) is 0.790. The summed E-state index contributed by atoms with van der Waals surface area (Å²) in [5, 5.41) is 2.01. The monoisotopic (exact) mass is 429 g/mol. The molecule has 1 aliphatic rings. The number of rotatable bonds is 4. The lowest BCUT2D eigenvalue weighted by Crippen LogP contribution is -2.41. The molecule has 0 spiro atoms. The van der Waals surface area contributed by atoms with E-state index >= 15 is 0 Å². The van der Waals surface area contributed by atoms with Crippen molar-refractivity contribution >= 4 is 30.9 Å². The predicted molar refractivity (Wildman–Crippen MR) is 110 cm³/mol. The molecule has 9 heteroatoms. The highest BCUT2D eigenvalue weighted by Gasteiger charge is 2.52. The van der Waals surface area contributed by atoms with Gasteiger partial charge in [-0.25, -0.2) is 13.6 Å². The predicted octanol–water partition coefficient (Wildman–Crippen LogP) is 5.16. The average Bonchev–Trinajstić information content (AvgIpc) is 2.77. The average molecular weight is 430 g/mol. The van der Waals surface area contributed by atoms with E-state index in [0.717, 1.165) is 6.07 Å². The number of carbonyl (C=O) groups is 1. The molecule has 1 aromatic carbocycles. The third kappa shape index (κ3) is 5.71. The normalized spacial score (nSPS) is 18.7. The van der Waals surface area contributed by atoms with Crippen molar-refractivity contribution in [3.8, 4) is 0 Å². The van der Waals surface area contributed by atoms with Gasteiger partial charge in [-0.15, -0.1) is 0 Å². The maximum atomic E-state index is 14.4. The standard InChI is InChI=1S/C20H27BClF2NO4/c1-18(2,3)27-17(26)25-11-13(21-28-19(4,5)20(6,7)29-21)10-12-8-9-14(23)15(22)16(12)24/h8-10H,11H2,1-7H3,(H,25,26). The second-order valence-corrected chi connectivity index (χ2v) is 9.31. The van der Waals surface area contributed by atoms with Gasteiger partial charge in [-0.2, -0.15) is 0 Å². The van der Waals surface area contributed by atoms with E-state index < -0.39 is 46.7 Å². The Labute approximate surface area is 175 Å². The molecule has 0 bridgehead atoms. The van der Waals surface area contributed by atoms with Crippen LogP contribution in [0.4, 0.5) is 13.6 Å². The van der Waals surface area contributed by atoms with Crippen molar-refractivity contribution < 1.29 is 27.6 Å². The molecule has 1 N–H and O–H groups in total. The van der Waals surface area contributed by atoms with E-state index in [1.807, 2.05) is 27.7 Å². The van der Waals surface area contributed by atoms with Gasteiger partial charge in [0.2, 0.25) is 0 Å². The molecule has 0 aliphatic carbocycles. The molecule has 0 unspecified atom stereocenters. The second kappa shape index (κ2) is 8.24. The van der Waals surface area contributed by atoms with Gasteiger partial charge >= 0.3 is 13.2 Å². The molecule has 0 saturated carbocycles. The minimum Gasteiger partial charge on any atom is -0.444 e. The van der Waals surface area contributed by atoms with Crippen LogP contribution in [0.25, 0.3) is 6.08 Å². The summed E-state index contributed by atoms with van der Waals surface area (Å²) in [6.45, 7) is 12.7. The Morgan fingerprint density at radius 2 is 1.76 bits per heavy atom. The van der Waals surface area contributed by atoms with Crippen LogP contribution in [-0.4, -0.2) is 36.6 Å². The van der Waals surface area contributed by atoms with Crippen molar-refractivity contribution in [1.82, 2.24) is 5.32 Å². The number of ether oxygens (including phenoxy) is 1. The molecular formula is C20H27BClF2NO4. The molecule has 1 aromatic rings. The zero-order valence-corrected chi connectivity index (χ0v) is 18.5. The summed E-state index contributed by atoms with van der Waals surface area (Å²) in [5.41, 5.74) is -1.47. The van der Waals surface area contributed by atoms with E-state index in [4.69, 9.17) is 25.6 Å². The lowest BCUT2D eigenvalue weighted by Gasteiger charge is -2.32. The second-order valence-electron chi connectivity index (χ2n) is 8.93. The molecule has 160 valence electrons. The number of alkyl carbamates (subject to hydrolysis) is 1. The minimum absolute atomic E-state index is 0.0276. The van der Waals surface area contributed by atoms with Crippen LogP contribution in [0.3, 0.4) is 0 Å². The lowest BCUT2D eigenvalue weighted by atomic mass is 9.77. The Bertz CT molecular complexity index is 805. The molecule has 1 fully saturated rings. The number of benzene rings is 1. The van der Waals surface area contributed by atoms with E-state index in [1.54, 1.807) is 20.8 Å². The van der Waals surface area contributed by atoms with Gasteiger partial charge in [0.15, 0.2) is 5.82 Å². The van der Waals surface area contributed by atoms with Crippen molar-refractivity contribution in [2.75, 3.05) is 6.54 Å². The first kappa shape index (κ1) is 23.6. The Morgan fingerprint density at radius 3 is 2.28 bits per heavy atom. The van der Waals surface area contributed by atoms with Gasteiger partial charge in [0.05, 0.1) is 11.2 Å². The van der Waals surface area contributed by atoms with Crippen LogP contribution in [0.2, 0.25) is 5.02 Å². The van der Waals surface area contributed by atoms with Gasteiger partial charge in [-0.1, -0.05) is 17.7 Å². The van der Waals surface area contributed by atoms with Crippen LogP contribution in [0.5, 0.6) is 0 Å². The van der Waals surface area contributed by atoms with Crippen molar-refractivity contribution in [1.29, 1.82) is 0 Å². The summed E-state index contributed by atoms with van der Waals surface area (Å²) >= 11 is 5.69. The smallest absolute Gasteiger partial charge is 0.444 e. The van der Waals surface area contributed by atoms with E-state index in [0.29, 0.717) is 5.47 Å². The number of hydrogen-bond donors (Lipinski definition) is 1. The fourth-order valence-electron chi connectivity index (χ4n) is 2.54. The first-order valence-electron chi connectivity index (χ1n) is 9.29. The maximum absolute atomic E-state index is 14.4. The minimum atomic E-state index is -0.905. The van der Waals surface area contributed by atoms with Crippen molar-refractivity contribution in [2.45, 2.75) is 65.3 Å². The summed E-state index contributed by atoms with van der Waals surface area (Å²) in [4.78, 5) is 12.1. The molecule has 1 amide bonds. The quantitative estimate of drug-likeness (QED) is 0.531. The largest absolute Gasteiger partial charge is 0.492 e. The van der Waals surface area contributed by atoms with Gasteiger partial charge in [0, 0.05) is 12.1 Å². The van der Waals surface area contributed by atoms with Crippen LogP contribution < -0.4 is 5.32 Å². The summed E-state index contributed by atoms with van der Waals surface area (Å²) in [6, 6.07) is 2.33. The van der Waals surface area contributed by atoms with Crippen molar-refractivity contribution in [3.05, 3.63) is 39.8 Å². The van der Waals surface area contributed by atoms with Crippen LogP contribution in [0.15, 0.2) is 17.6 Å². The number of amides is 1. The third-order valence-electron chi connectivity index (χ3n) is 4.80. The Hall–Kier alpha value is -1.64. The van der Waals surface area contributed by atoms with Gasteiger partial charge in [-0.05, 0) is 66.1 Å². The van der Waals surface area contributed by atoms with Gasteiger partial charge in [-0.3, -0.25) is 0 Å². The summed E-state index contributed by atoms with van der Waals surface area (Å²) < 4.78 is 45.2. The van der Waals surface area contributed by atoms with Crippen molar-refractivity contribution in [3.63, 3.8) is 0 Å². The zero-order chi connectivity index (χ0) is 22.2. The number of hydrogen-bond acceptors (Lipinski definition) is 4. The van der Waals surface area contributed by atoms with E-state index in [1.165, 1.54) is 12.1 Å². The highest BCUT2D eigenvalue weighted by molar-refractivity contribution is 6.56. The Kier molecular flexibility index (Phi) is 6.72. The first-order chi connectivity index (χ1) is 13.1. The number of carbonyl (C=O) groups excluding carboxylic acids is 1. The molecule has 0 aromatic heterocycles. The fraction of sp³-hybridized carbons (Fsp3) is 0.550. The molecular weight excluding hydrogens is 402 g/mol. The third-order valence-corrected chi connectivity index (χ3v) is 5.14. The van der Waals surface area contributed by atoms with Gasteiger partial charge in [0.25, 0.3) is 0 Å². The highest BCUT2D eigenvalue weighted by Crippen LogP contribution is 2.39. The Balaban J connectivity index is 2.34. The van der Waals surface area contributed by atoms with Crippen LogP contribution in [-0.2, 0) is 14.0 Å². The van der Waals surface area contributed by atoms with E-state index in [9.17, 15) is 13.6 Å². The molecule has 1 saturated heterocycles. The number of nitrogens with one attached hydrogen (secondary N) is 1. The molecule has 1 aliphatic heterocycles. The van der Waals surface area contributed by atoms with Crippen LogP contribution in [0, 0.1) is 11.6 Å². The highest BCUT2D eigenvalue weighted by atomic mass is 35.5. The topological polar surface area (TPSA) is 56.8 Å². The van der Waals surface area contributed by atoms with E-state index in [-0.39, 0.29) is 12.1 Å². The molecule has 1 heterocycles. The van der Waals surface area contributed by atoms with E-state index in [2.05, 4.69) is 5.32 Å². The Morgan fingerprint density at radius 1 is 1.21 bits per heavy atom. The molecule has 29 heavy (non-hydrogen) atoms. The first-order valence-corrected chi connectivity index (χ1v) is 9.67. The summed E-state index contributed by atoms with van der Waals surface area (Å²) in [7, 11) is -0.849. The zero-order valence-electron chi connectivity index (χ0n) is 17.8. The summed E-state index contributed by atoms with van der Waals surface area (Å²) in [5.74, 6) is -1.76. The molecule has 2 rings (SSSR count). The van der Waals surface area contributed by atoms with Crippen LogP contribution >= 0.6 is 11.6 Å². The van der Waals surface area contributed by atoms with Gasteiger partial charge < -0.3 is 19.4 Å².